The fraction of sp³-hybridized carbons (Fsp3) is 0.467. The van der Waals surface area contributed by atoms with E-state index in [2.05, 4.69) is 36.0 Å². The van der Waals surface area contributed by atoms with E-state index in [0.29, 0.717) is 58.1 Å². The quantitative estimate of drug-likeness (QED) is 0.170. The number of methoxy groups -OCH3 is 1. The van der Waals surface area contributed by atoms with Crippen molar-refractivity contribution < 1.29 is 32.6 Å². The number of aryl methyl sites for hydroxylation is 1. The molecule has 65 heavy (non-hydrogen) atoms. The fourth-order valence-corrected chi connectivity index (χ4v) is 11.5. The number of hydrogen-bond donors (Lipinski definition) is 2. The maximum atomic E-state index is 15.7. The van der Waals surface area contributed by atoms with E-state index in [-0.39, 0.29) is 70.5 Å². The van der Waals surface area contributed by atoms with Gasteiger partial charge in [0.05, 0.1) is 58.5 Å². The Morgan fingerprint density at radius 1 is 0.985 bits per heavy atom. The number of nitriles is 1. The van der Waals surface area contributed by atoms with Gasteiger partial charge in [-0.2, -0.15) is 10.4 Å². The minimum atomic E-state index is -0.702. The number of hydrogen-bond acceptors (Lipinski definition) is 14. The first-order chi connectivity index (χ1) is 31.4. The number of amides is 3. The van der Waals surface area contributed by atoms with Gasteiger partial charge in [0.2, 0.25) is 5.91 Å². The van der Waals surface area contributed by atoms with Crippen LogP contribution in [0.1, 0.15) is 50.1 Å². The second-order valence-electron chi connectivity index (χ2n) is 18.4. The van der Waals surface area contributed by atoms with Crippen LogP contribution in [0.5, 0.6) is 11.5 Å². The van der Waals surface area contributed by atoms with Crippen LogP contribution in [0.15, 0.2) is 53.6 Å². The van der Waals surface area contributed by atoms with Crippen molar-refractivity contribution in [2.45, 2.75) is 62.3 Å². The SMILES string of the molecule is COC1CN(SNc2ccc(F)c(Oc3ccc4ncn(C5COC6(CCN(C7CC8(C7)CN(c7cc9c(cc7F)c(N7CCC(=O)NC7=O)nn9C)C8)CC6)C5)c(=O)c4c3)c2C#N)C1. The number of likely N-dealkylation sites (tertiary alicyclic amines) is 1. The van der Waals surface area contributed by atoms with Gasteiger partial charge in [0.15, 0.2) is 17.4 Å². The Bertz CT molecular complexity index is 2860. The number of halogens is 2. The van der Waals surface area contributed by atoms with Gasteiger partial charge in [0.25, 0.3) is 5.56 Å². The predicted octanol–water partition coefficient (Wildman–Crippen LogP) is 5.44. The van der Waals surface area contributed by atoms with Crippen LogP contribution in [0.25, 0.3) is 21.8 Å². The van der Waals surface area contributed by atoms with Gasteiger partial charge in [-0.3, -0.25) is 29.1 Å². The smallest absolute Gasteiger partial charge is 0.329 e. The number of carbonyl (C=O) groups excluding carboxylic acids is 2. The molecule has 1 unspecified atom stereocenters. The number of urea groups is 1. The van der Waals surface area contributed by atoms with E-state index < -0.39 is 11.8 Å². The first-order valence-corrected chi connectivity index (χ1v) is 22.7. The number of nitrogens with one attached hydrogen (secondary N) is 2. The van der Waals surface area contributed by atoms with Crippen molar-refractivity contribution in [2.75, 3.05) is 74.1 Å². The lowest BCUT2D eigenvalue weighted by Gasteiger charge is -2.62. The lowest BCUT2D eigenvalue weighted by atomic mass is 9.59. The zero-order valence-corrected chi connectivity index (χ0v) is 36.7. The highest BCUT2D eigenvalue weighted by Crippen LogP contribution is 2.53. The van der Waals surface area contributed by atoms with Gasteiger partial charge >= 0.3 is 6.03 Å². The predicted molar refractivity (Wildman–Crippen MR) is 238 cm³/mol. The van der Waals surface area contributed by atoms with Gasteiger partial charge < -0.3 is 28.7 Å². The molecule has 2 spiro atoms. The normalized spacial score (nSPS) is 22.3. The Morgan fingerprint density at radius 3 is 2.54 bits per heavy atom. The standard InChI is InChI=1S/C45H47F2N11O6S/c1-53-37-15-38(34(47)14-31(37)41(51-53)57-10-7-39(59)50-43(57)61)55-23-44(24-55)16-26(17-44)54-11-8-45(9-12-54)18-27(22-63-45)58-25-49-35-5-3-28(13-30(35)42(58)60)64-40-32(19-48)36(6-4-33(40)46)52-65-56-20-29(21-56)62-2/h3-6,13-15,25-27,29,52H,7-12,16-18,20-24H2,1-2H3,(H,50,59,61). The Morgan fingerprint density at radius 2 is 1.78 bits per heavy atom. The van der Waals surface area contributed by atoms with Crippen LogP contribution in [0.2, 0.25) is 0 Å². The fourth-order valence-electron chi connectivity index (χ4n) is 10.6. The minimum Gasteiger partial charge on any atom is -0.453 e. The van der Waals surface area contributed by atoms with Crippen LogP contribution >= 0.6 is 12.1 Å². The topological polar surface area (TPSA) is 175 Å². The number of fused-ring (bicyclic) bond motifs is 2. The maximum Gasteiger partial charge on any atom is 0.329 e. The number of aromatic nitrogens is 4. The van der Waals surface area contributed by atoms with E-state index in [9.17, 15) is 19.6 Å². The molecule has 0 radical (unpaired) electrons. The van der Waals surface area contributed by atoms with Crippen molar-refractivity contribution in [3.8, 4) is 17.6 Å². The van der Waals surface area contributed by atoms with Crippen LogP contribution in [-0.4, -0.2) is 118 Å². The number of ether oxygens (including phenoxy) is 3. The molecule has 5 aromatic rings. The summed E-state index contributed by atoms with van der Waals surface area (Å²) >= 11 is 1.31. The molecule has 11 rings (SSSR count). The molecule has 17 nitrogen and oxygen atoms in total. The molecular formula is C45H47F2N11O6S. The first kappa shape index (κ1) is 41.8. The van der Waals surface area contributed by atoms with Crippen molar-refractivity contribution >= 4 is 63.1 Å². The summed E-state index contributed by atoms with van der Waals surface area (Å²) in [4.78, 5) is 48.9. The number of piperidine rings is 1. The molecular weight excluding hydrogens is 861 g/mol. The molecule has 2 N–H and O–H groups in total. The lowest BCUT2D eigenvalue weighted by Crippen LogP contribution is -2.67. The summed E-state index contributed by atoms with van der Waals surface area (Å²) in [5, 5.41) is 17.7. The number of anilines is 3. The number of carbonyl (C=O) groups is 2. The van der Waals surface area contributed by atoms with Gasteiger partial charge in [-0.05, 0) is 74.6 Å². The maximum absolute atomic E-state index is 15.7. The molecule has 3 aromatic carbocycles. The van der Waals surface area contributed by atoms with Crippen molar-refractivity contribution in [2.24, 2.45) is 12.5 Å². The van der Waals surface area contributed by atoms with Crippen molar-refractivity contribution in [3.05, 3.63) is 76.3 Å². The molecule has 6 aliphatic rings. The summed E-state index contributed by atoms with van der Waals surface area (Å²) in [6.07, 6.45) is 6.37. The Balaban J connectivity index is 0.700. The van der Waals surface area contributed by atoms with E-state index in [4.69, 9.17) is 14.2 Å². The molecule has 1 aliphatic carbocycles. The van der Waals surface area contributed by atoms with Crippen molar-refractivity contribution in [1.82, 2.24) is 33.9 Å². The zero-order valence-electron chi connectivity index (χ0n) is 35.9. The largest absolute Gasteiger partial charge is 0.453 e. The second-order valence-corrected chi connectivity index (χ2v) is 19.3. The van der Waals surface area contributed by atoms with Gasteiger partial charge in [0, 0.05) is 95.4 Å². The summed E-state index contributed by atoms with van der Waals surface area (Å²) in [7, 11) is 3.43. The minimum absolute atomic E-state index is 0.00673. The summed E-state index contributed by atoms with van der Waals surface area (Å²) in [5.74, 6) is -1.09. The third kappa shape index (κ3) is 7.33. The zero-order chi connectivity index (χ0) is 44.8. The van der Waals surface area contributed by atoms with Crippen LogP contribution < -0.4 is 30.1 Å². The molecule has 3 amide bonds. The van der Waals surface area contributed by atoms with Crippen molar-refractivity contribution in [3.63, 3.8) is 0 Å². The van der Waals surface area contributed by atoms with E-state index in [1.54, 1.807) is 47.9 Å². The molecule has 6 fully saturated rings. The summed E-state index contributed by atoms with van der Waals surface area (Å²) in [6.45, 7) is 5.35. The number of rotatable bonds is 10. The Labute approximate surface area is 376 Å². The molecule has 20 heteroatoms. The van der Waals surface area contributed by atoms with E-state index in [0.717, 1.165) is 65.0 Å². The summed E-state index contributed by atoms with van der Waals surface area (Å²) in [6, 6.07) is 12.6. The first-order valence-electron chi connectivity index (χ1n) is 21.9. The van der Waals surface area contributed by atoms with Gasteiger partial charge in [-0.1, -0.05) is 0 Å². The Kier molecular flexibility index (Phi) is 10.3. The molecule has 0 bridgehead atoms. The molecule has 7 heterocycles. The summed E-state index contributed by atoms with van der Waals surface area (Å²) < 4.78 is 57.1. The summed E-state index contributed by atoms with van der Waals surface area (Å²) in [5.41, 5.74) is 1.69. The number of benzene rings is 3. The van der Waals surface area contributed by atoms with Crippen LogP contribution in [0.4, 0.5) is 30.8 Å². The molecule has 1 saturated carbocycles. The third-order valence-corrected chi connectivity index (χ3v) is 15.2. The molecule has 5 aliphatic heterocycles. The lowest BCUT2D eigenvalue weighted by molar-refractivity contribution is -0.120. The van der Waals surface area contributed by atoms with Crippen LogP contribution in [-0.2, 0) is 21.3 Å². The molecule has 5 saturated heterocycles. The highest BCUT2D eigenvalue weighted by atomic mass is 32.2. The van der Waals surface area contributed by atoms with Crippen LogP contribution in [0, 0.1) is 28.4 Å². The van der Waals surface area contributed by atoms with E-state index in [1.807, 2.05) is 10.4 Å². The van der Waals surface area contributed by atoms with E-state index in [1.165, 1.54) is 35.2 Å². The molecule has 338 valence electrons. The highest BCUT2D eigenvalue weighted by molar-refractivity contribution is 7.98. The molecule has 2 aromatic heterocycles. The molecule has 1 atom stereocenters. The van der Waals surface area contributed by atoms with Gasteiger partial charge in [0.1, 0.15) is 23.2 Å². The third-order valence-electron chi connectivity index (χ3n) is 14.4. The average molecular weight is 908 g/mol. The second kappa shape index (κ2) is 15.9. The average Bonchev–Trinajstić information content (AvgIpc) is 3.80. The number of imide groups is 1. The monoisotopic (exact) mass is 907 g/mol. The Hall–Kier alpha value is -5.85. The highest BCUT2D eigenvalue weighted by Gasteiger charge is 2.55. The van der Waals surface area contributed by atoms with Gasteiger partial charge in [-0.15, -0.1) is 0 Å². The van der Waals surface area contributed by atoms with Gasteiger partial charge in [-0.25, -0.2) is 22.9 Å². The van der Waals surface area contributed by atoms with Crippen molar-refractivity contribution in [1.29, 1.82) is 5.26 Å². The number of nitrogens with zero attached hydrogens (tertiary/aromatic N) is 9. The van der Waals surface area contributed by atoms with E-state index >= 15 is 8.78 Å². The van der Waals surface area contributed by atoms with Crippen LogP contribution in [0.3, 0.4) is 0 Å².